The van der Waals surface area contributed by atoms with Gasteiger partial charge in [0.1, 0.15) is 5.75 Å². The minimum Gasteiger partial charge on any atom is -0.488 e. The SMILES string of the molecule is Cl.N[C@@H]1CCC[C@H]1CC(=O)Nc1ccccc1OC1CCCC1. The summed E-state index contributed by atoms with van der Waals surface area (Å²) in [6.07, 6.45) is 8.74. The Morgan fingerprint density at radius 2 is 1.87 bits per heavy atom. The number of rotatable bonds is 5. The maximum Gasteiger partial charge on any atom is 0.224 e. The molecule has 2 fully saturated rings. The van der Waals surface area contributed by atoms with Crippen molar-refractivity contribution in [2.45, 2.75) is 63.5 Å². The van der Waals surface area contributed by atoms with Gasteiger partial charge in [-0.25, -0.2) is 0 Å². The van der Waals surface area contributed by atoms with Crippen molar-refractivity contribution < 1.29 is 9.53 Å². The first-order valence-corrected chi connectivity index (χ1v) is 8.53. The van der Waals surface area contributed by atoms with Gasteiger partial charge in [-0.1, -0.05) is 18.6 Å². The average molecular weight is 339 g/mol. The summed E-state index contributed by atoms with van der Waals surface area (Å²) in [4.78, 5) is 12.3. The largest absolute Gasteiger partial charge is 0.488 e. The quantitative estimate of drug-likeness (QED) is 0.856. The summed E-state index contributed by atoms with van der Waals surface area (Å²) in [6, 6.07) is 7.91. The van der Waals surface area contributed by atoms with Crippen molar-refractivity contribution in [3.8, 4) is 5.75 Å². The fraction of sp³-hybridized carbons (Fsp3) is 0.611. The highest BCUT2D eigenvalue weighted by molar-refractivity contribution is 5.92. The number of para-hydroxylation sites is 2. The first-order valence-electron chi connectivity index (χ1n) is 8.53. The van der Waals surface area contributed by atoms with Crippen LogP contribution >= 0.6 is 12.4 Å². The summed E-state index contributed by atoms with van der Waals surface area (Å²) in [5.41, 5.74) is 6.84. The Balaban J connectivity index is 0.00000192. The Kier molecular flexibility index (Phi) is 6.72. The number of carbonyl (C=O) groups is 1. The highest BCUT2D eigenvalue weighted by Gasteiger charge is 2.26. The van der Waals surface area contributed by atoms with Crippen molar-refractivity contribution in [3.05, 3.63) is 24.3 Å². The van der Waals surface area contributed by atoms with Gasteiger partial charge in [-0.2, -0.15) is 0 Å². The fourth-order valence-electron chi connectivity index (χ4n) is 3.62. The molecule has 3 N–H and O–H groups in total. The molecular weight excluding hydrogens is 312 g/mol. The summed E-state index contributed by atoms with van der Waals surface area (Å²) in [7, 11) is 0. The van der Waals surface area contributed by atoms with Crippen molar-refractivity contribution in [1.29, 1.82) is 0 Å². The summed E-state index contributed by atoms with van der Waals surface area (Å²) in [6.45, 7) is 0. The van der Waals surface area contributed by atoms with E-state index >= 15 is 0 Å². The molecule has 1 aromatic carbocycles. The third kappa shape index (κ3) is 4.85. The molecule has 2 aliphatic rings. The van der Waals surface area contributed by atoms with Gasteiger partial charge < -0.3 is 15.8 Å². The van der Waals surface area contributed by atoms with E-state index in [9.17, 15) is 4.79 Å². The van der Waals surface area contributed by atoms with Crippen molar-refractivity contribution in [1.82, 2.24) is 0 Å². The molecule has 2 atom stereocenters. The lowest BCUT2D eigenvalue weighted by molar-refractivity contribution is -0.117. The van der Waals surface area contributed by atoms with Gasteiger partial charge in [-0.05, 0) is 56.6 Å². The number of carbonyl (C=O) groups excluding carboxylic acids is 1. The second kappa shape index (κ2) is 8.55. The predicted octanol–water partition coefficient (Wildman–Crippen LogP) is 3.89. The van der Waals surface area contributed by atoms with E-state index < -0.39 is 0 Å². The summed E-state index contributed by atoms with van der Waals surface area (Å²) in [5, 5.41) is 3.01. The molecule has 3 rings (SSSR count). The number of amides is 1. The number of hydrogen-bond donors (Lipinski definition) is 2. The van der Waals surface area contributed by atoms with E-state index in [0.717, 1.165) is 43.5 Å². The summed E-state index contributed by atoms with van der Waals surface area (Å²) < 4.78 is 6.06. The molecule has 4 nitrogen and oxygen atoms in total. The lowest BCUT2D eigenvalue weighted by Crippen LogP contribution is -2.28. The third-order valence-corrected chi connectivity index (χ3v) is 4.92. The molecule has 2 aliphatic carbocycles. The van der Waals surface area contributed by atoms with Crippen molar-refractivity contribution >= 4 is 24.0 Å². The van der Waals surface area contributed by atoms with Gasteiger partial charge in [0, 0.05) is 12.5 Å². The molecule has 0 heterocycles. The van der Waals surface area contributed by atoms with Crippen LogP contribution in [-0.2, 0) is 4.79 Å². The molecule has 0 aromatic heterocycles. The van der Waals surface area contributed by atoms with Crippen molar-refractivity contribution in [2.75, 3.05) is 5.32 Å². The maximum absolute atomic E-state index is 12.3. The molecule has 2 saturated carbocycles. The Bertz CT molecular complexity index is 517. The van der Waals surface area contributed by atoms with E-state index in [1.165, 1.54) is 12.8 Å². The molecule has 1 amide bonds. The summed E-state index contributed by atoms with van der Waals surface area (Å²) >= 11 is 0. The number of halogens is 1. The summed E-state index contributed by atoms with van der Waals surface area (Å²) in [5.74, 6) is 1.16. The normalized spacial score (nSPS) is 24.2. The third-order valence-electron chi connectivity index (χ3n) is 4.92. The van der Waals surface area contributed by atoms with Crippen LogP contribution in [0.5, 0.6) is 5.75 Å². The Labute approximate surface area is 144 Å². The lowest BCUT2D eigenvalue weighted by atomic mass is 10.00. The first-order chi connectivity index (χ1) is 10.7. The molecule has 0 aliphatic heterocycles. The molecule has 1 aromatic rings. The van der Waals surface area contributed by atoms with Crippen LogP contribution in [0.2, 0.25) is 0 Å². The van der Waals surface area contributed by atoms with E-state index in [1.54, 1.807) is 0 Å². The minimum atomic E-state index is 0. The highest BCUT2D eigenvalue weighted by Crippen LogP contribution is 2.31. The molecular formula is C18H27ClN2O2. The van der Waals surface area contributed by atoms with Crippen LogP contribution < -0.4 is 15.8 Å². The van der Waals surface area contributed by atoms with Crippen LogP contribution in [0.1, 0.15) is 51.4 Å². The smallest absolute Gasteiger partial charge is 0.224 e. The van der Waals surface area contributed by atoms with Crippen LogP contribution in [0, 0.1) is 5.92 Å². The number of benzene rings is 1. The molecule has 128 valence electrons. The zero-order valence-corrected chi connectivity index (χ0v) is 14.3. The van der Waals surface area contributed by atoms with E-state index in [4.69, 9.17) is 10.5 Å². The van der Waals surface area contributed by atoms with Gasteiger partial charge in [0.15, 0.2) is 0 Å². The van der Waals surface area contributed by atoms with E-state index in [0.29, 0.717) is 18.4 Å². The van der Waals surface area contributed by atoms with E-state index in [1.807, 2.05) is 24.3 Å². The Morgan fingerprint density at radius 3 is 2.57 bits per heavy atom. The molecule has 0 saturated heterocycles. The standard InChI is InChI=1S/C18H26N2O2.ClH/c19-15-9-5-6-13(15)12-18(21)20-16-10-3-4-11-17(16)22-14-7-1-2-8-14;/h3-4,10-11,13-15H,1-2,5-9,12,19H2,(H,20,21);1H/t13-,15+;/m0./s1. The predicted molar refractivity (Wildman–Crippen MR) is 95.1 cm³/mol. The molecule has 0 spiro atoms. The van der Waals surface area contributed by atoms with Gasteiger partial charge in [0.05, 0.1) is 11.8 Å². The fourth-order valence-corrected chi connectivity index (χ4v) is 3.62. The maximum atomic E-state index is 12.3. The second-order valence-electron chi connectivity index (χ2n) is 6.63. The molecule has 0 unspecified atom stereocenters. The second-order valence-corrected chi connectivity index (χ2v) is 6.63. The van der Waals surface area contributed by atoms with E-state index in [2.05, 4.69) is 5.32 Å². The van der Waals surface area contributed by atoms with E-state index in [-0.39, 0.29) is 24.4 Å². The van der Waals surface area contributed by atoms with Gasteiger partial charge in [0.25, 0.3) is 0 Å². The number of nitrogens with one attached hydrogen (secondary N) is 1. The van der Waals surface area contributed by atoms with Crippen LogP contribution in [0.4, 0.5) is 5.69 Å². The van der Waals surface area contributed by atoms with Crippen LogP contribution in [0.25, 0.3) is 0 Å². The van der Waals surface area contributed by atoms with Crippen LogP contribution in [-0.4, -0.2) is 18.1 Å². The number of hydrogen-bond acceptors (Lipinski definition) is 3. The van der Waals surface area contributed by atoms with Crippen molar-refractivity contribution in [3.63, 3.8) is 0 Å². The van der Waals surface area contributed by atoms with Gasteiger partial charge in [-0.3, -0.25) is 4.79 Å². The molecule has 0 radical (unpaired) electrons. The van der Waals surface area contributed by atoms with Crippen LogP contribution in [0.15, 0.2) is 24.3 Å². The Morgan fingerprint density at radius 1 is 1.13 bits per heavy atom. The van der Waals surface area contributed by atoms with Gasteiger partial charge in [-0.15, -0.1) is 12.4 Å². The molecule has 23 heavy (non-hydrogen) atoms. The minimum absolute atomic E-state index is 0. The highest BCUT2D eigenvalue weighted by atomic mass is 35.5. The first kappa shape index (κ1) is 18.1. The van der Waals surface area contributed by atoms with Gasteiger partial charge in [0.2, 0.25) is 5.91 Å². The number of nitrogens with two attached hydrogens (primary N) is 1. The lowest BCUT2D eigenvalue weighted by Gasteiger charge is -2.18. The topological polar surface area (TPSA) is 64.4 Å². The molecule has 0 bridgehead atoms. The van der Waals surface area contributed by atoms with Crippen LogP contribution in [0.3, 0.4) is 0 Å². The monoisotopic (exact) mass is 338 g/mol. The zero-order chi connectivity index (χ0) is 15.4. The molecule has 5 heteroatoms. The van der Waals surface area contributed by atoms with Gasteiger partial charge >= 0.3 is 0 Å². The van der Waals surface area contributed by atoms with Crippen molar-refractivity contribution in [2.24, 2.45) is 11.7 Å². The zero-order valence-electron chi connectivity index (χ0n) is 13.5. The number of anilines is 1. The average Bonchev–Trinajstić information content (AvgIpc) is 3.14. The number of ether oxygens (including phenoxy) is 1. The Hall–Kier alpha value is -1.26.